The number of aryl methyl sites for hydroxylation is 1. The normalized spacial score (nSPS) is 14.6. The lowest BCUT2D eigenvalue weighted by Crippen LogP contribution is -2.23. The van der Waals surface area contributed by atoms with E-state index < -0.39 is 11.9 Å². The zero-order valence-corrected chi connectivity index (χ0v) is 22.6. The highest BCUT2D eigenvalue weighted by Gasteiger charge is 2.25. The fourth-order valence-electron chi connectivity index (χ4n) is 5.36. The average Bonchev–Trinajstić information content (AvgIpc) is 3.69. The highest BCUT2D eigenvalue weighted by Crippen LogP contribution is 2.36. The van der Waals surface area contributed by atoms with Gasteiger partial charge in [0.2, 0.25) is 11.9 Å². The topological polar surface area (TPSA) is 122 Å². The van der Waals surface area contributed by atoms with Crippen LogP contribution >= 0.6 is 23.2 Å². The van der Waals surface area contributed by atoms with Crippen molar-refractivity contribution in [3.8, 4) is 16.9 Å². The van der Waals surface area contributed by atoms with E-state index in [0.717, 1.165) is 32.4 Å². The fourth-order valence-corrected chi connectivity index (χ4v) is 5.73. The number of hydrogen-bond acceptors (Lipinski definition) is 7. The minimum atomic E-state index is -0.879. The lowest BCUT2D eigenvalue weighted by molar-refractivity contribution is -0.116. The molecule has 1 amide bonds. The van der Waals surface area contributed by atoms with E-state index in [9.17, 15) is 23.9 Å². The quantitative estimate of drug-likeness (QED) is 0.254. The number of aromatic hydroxyl groups is 1. The third kappa shape index (κ3) is 4.48. The number of nitrogens with zero attached hydrogens (tertiary/aromatic N) is 5. The van der Waals surface area contributed by atoms with Crippen LogP contribution in [0.2, 0.25) is 10.0 Å². The molecule has 10 nitrogen and oxygen atoms in total. The smallest absolute Gasteiger partial charge is 0.263 e. The van der Waals surface area contributed by atoms with E-state index in [1.165, 1.54) is 16.7 Å². The van der Waals surface area contributed by atoms with E-state index in [1.54, 1.807) is 16.8 Å². The summed E-state index contributed by atoms with van der Waals surface area (Å²) in [4.78, 5) is 48.8. The lowest BCUT2D eigenvalue weighted by atomic mass is 10.0. The van der Waals surface area contributed by atoms with Crippen molar-refractivity contribution in [2.24, 2.45) is 0 Å². The third-order valence-electron chi connectivity index (χ3n) is 7.29. The molecular formula is C27H23Cl2FN6O4. The molecule has 40 heavy (non-hydrogen) atoms. The molecule has 1 saturated heterocycles. The Balaban J connectivity index is 1.41. The number of rotatable bonds is 6. The Kier molecular flexibility index (Phi) is 6.71. The second-order valence-corrected chi connectivity index (χ2v) is 10.6. The van der Waals surface area contributed by atoms with E-state index in [-0.39, 0.29) is 50.2 Å². The van der Waals surface area contributed by atoms with Gasteiger partial charge in [-0.1, -0.05) is 23.2 Å². The highest BCUT2D eigenvalue weighted by molar-refractivity contribution is 6.34. The number of carbonyl (C=O) groups excluding carboxylic acids is 2. The van der Waals surface area contributed by atoms with E-state index >= 15 is 0 Å². The molecular weight excluding hydrogens is 562 g/mol. The summed E-state index contributed by atoms with van der Waals surface area (Å²) in [5.74, 6) is -0.771. The van der Waals surface area contributed by atoms with Crippen LogP contribution in [0.5, 0.6) is 5.75 Å². The molecule has 13 heteroatoms. The van der Waals surface area contributed by atoms with Gasteiger partial charge in [-0.05, 0) is 37.0 Å². The minimum Gasteiger partial charge on any atom is -0.506 e. The maximum absolute atomic E-state index is 14.5. The number of hydrogen-bond donors (Lipinski definition) is 2. The Hall–Kier alpha value is -3.96. The summed E-state index contributed by atoms with van der Waals surface area (Å²) in [6.45, 7) is 1.72. The highest BCUT2D eigenvalue weighted by atomic mass is 35.5. The second kappa shape index (κ2) is 10.2. The molecule has 3 aromatic heterocycles. The molecule has 2 aliphatic heterocycles. The number of aromatic nitrogens is 4. The van der Waals surface area contributed by atoms with Gasteiger partial charge in [-0.2, -0.15) is 4.39 Å². The second-order valence-electron chi connectivity index (χ2n) is 9.85. The summed E-state index contributed by atoms with van der Waals surface area (Å²) >= 11 is 12.3. The number of halogens is 3. The van der Waals surface area contributed by atoms with E-state index in [2.05, 4.69) is 10.3 Å². The number of phenolic OH excluding ortho intramolecular Hbond substituents is 1. The first kappa shape index (κ1) is 26.3. The number of phenols is 1. The molecule has 0 radical (unpaired) electrons. The molecule has 0 spiro atoms. The number of anilines is 2. The number of pyridine rings is 1. The van der Waals surface area contributed by atoms with Crippen LogP contribution in [-0.4, -0.2) is 49.5 Å². The van der Waals surface area contributed by atoms with Crippen molar-refractivity contribution >= 4 is 57.9 Å². The molecule has 0 aliphatic carbocycles. The molecule has 1 fully saturated rings. The third-order valence-corrected chi connectivity index (χ3v) is 7.94. The molecule has 1 aromatic carbocycles. The van der Waals surface area contributed by atoms with E-state index in [1.807, 2.05) is 4.90 Å². The van der Waals surface area contributed by atoms with Crippen molar-refractivity contribution in [3.05, 3.63) is 62.1 Å². The van der Waals surface area contributed by atoms with Gasteiger partial charge in [-0.25, -0.2) is 9.97 Å². The molecule has 0 unspecified atom stereocenters. The number of nitrogens with one attached hydrogen (secondary N) is 1. The van der Waals surface area contributed by atoms with Crippen LogP contribution in [-0.2, 0) is 24.3 Å². The van der Waals surface area contributed by atoms with Crippen molar-refractivity contribution in [2.45, 2.75) is 38.8 Å². The predicted octanol–water partition coefficient (Wildman–Crippen LogP) is 4.41. The first-order valence-electron chi connectivity index (χ1n) is 12.8. The number of carbonyl (C=O) groups is 2. The Bertz CT molecular complexity index is 1760. The zero-order valence-electron chi connectivity index (χ0n) is 21.1. The largest absolute Gasteiger partial charge is 0.506 e. The molecule has 206 valence electrons. The monoisotopic (exact) mass is 584 g/mol. The van der Waals surface area contributed by atoms with Gasteiger partial charge in [0.1, 0.15) is 34.6 Å². The maximum atomic E-state index is 14.5. The summed E-state index contributed by atoms with van der Waals surface area (Å²) in [5, 5.41) is 12.7. The summed E-state index contributed by atoms with van der Waals surface area (Å²) in [6.07, 6.45) is 5.35. The van der Waals surface area contributed by atoms with Crippen molar-refractivity contribution in [1.29, 1.82) is 0 Å². The molecule has 5 heterocycles. The van der Waals surface area contributed by atoms with Gasteiger partial charge in [-0.3, -0.25) is 19.0 Å². The van der Waals surface area contributed by atoms with Crippen molar-refractivity contribution < 1.29 is 19.1 Å². The molecule has 0 bridgehead atoms. The minimum absolute atomic E-state index is 0.0430. The Labute approximate surface area is 237 Å². The SMILES string of the molecule is O=Cc1cc(-c2cn(CC(=O)Nc3cc(N4CCCC4)nc(F)c3Cl)c3nc4n(c(=O)c23)CCC4)cc(Cl)c1O. The maximum Gasteiger partial charge on any atom is 0.263 e. The van der Waals surface area contributed by atoms with Gasteiger partial charge in [0.15, 0.2) is 6.29 Å². The molecule has 4 aromatic rings. The summed E-state index contributed by atoms with van der Waals surface area (Å²) in [7, 11) is 0. The van der Waals surface area contributed by atoms with Gasteiger partial charge < -0.3 is 19.9 Å². The van der Waals surface area contributed by atoms with Crippen molar-refractivity contribution in [2.75, 3.05) is 23.3 Å². The average molecular weight is 585 g/mol. The van der Waals surface area contributed by atoms with Crippen LogP contribution in [0, 0.1) is 5.95 Å². The zero-order chi connectivity index (χ0) is 28.1. The number of amides is 1. The van der Waals surface area contributed by atoms with E-state index in [0.29, 0.717) is 42.0 Å². The molecule has 0 atom stereocenters. The standard InChI is InChI=1S/C27H23Cl2FN6O4/c28-17-9-14(8-15(13-37)24(17)39)16-11-35(26-22(16)27(40)36-7-3-4-19(36)33-26)12-21(38)31-18-10-20(32-25(30)23(18)29)34-5-1-2-6-34/h8-11,13,39H,1-7,12H2,(H,31,32,38). The number of aldehydes is 1. The van der Waals surface area contributed by atoms with Crippen molar-refractivity contribution in [1.82, 2.24) is 19.1 Å². The van der Waals surface area contributed by atoms with Gasteiger partial charge in [0.05, 0.1) is 21.7 Å². The molecule has 0 saturated carbocycles. The summed E-state index contributed by atoms with van der Waals surface area (Å²) in [5.41, 5.74) is 0.854. The van der Waals surface area contributed by atoms with Crippen LogP contribution in [0.4, 0.5) is 15.9 Å². The lowest BCUT2D eigenvalue weighted by Gasteiger charge is -2.18. The van der Waals surface area contributed by atoms with E-state index in [4.69, 9.17) is 28.2 Å². The van der Waals surface area contributed by atoms with Gasteiger partial charge in [0.25, 0.3) is 5.56 Å². The summed E-state index contributed by atoms with van der Waals surface area (Å²) < 4.78 is 17.7. The van der Waals surface area contributed by atoms with Gasteiger partial charge in [-0.15, -0.1) is 0 Å². The molecule has 2 N–H and O–H groups in total. The predicted molar refractivity (Wildman–Crippen MR) is 149 cm³/mol. The molecule has 2 aliphatic rings. The van der Waals surface area contributed by atoms with Gasteiger partial charge >= 0.3 is 0 Å². The number of benzene rings is 1. The first-order chi connectivity index (χ1) is 19.2. The van der Waals surface area contributed by atoms with Crippen LogP contribution < -0.4 is 15.8 Å². The van der Waals surface area contributed by atoms with Gasteiger partial charge in [0, 0.05) is 43.9 Å². The first-order valence-corrected chi connectivity index (χ1v) is 13.5. The van der Waals surface area contributed by atoms with Crippen LogP contribution in [0.15, 0.2) is 29.2 Å². The molecule has 6 rings (SSSR count). The Morgan fingerprint density at radius 3 is 2.65 bits per heavy atom. The Morgan fingerprint density at radius 1 is 1.12 bits per heavy atom. The summed E-state index contributed by atoms with van der Waals surface area (Å²) in [6, 6.07) is 4.41. The van der Waals surface area contributed by atoms with Crippen molar-refractivity contribution in [3.63, 3.8) is 0 Å². The Morgan fingerprint density at radius 2 is 1.90 bits per heavy atom. The van der Waals surface area contributed by atoms with Crippen LogP contribution in [0.25, 0.3) is 22.2 Å². The number of fused-ring (bicyclic) bond motifs is 2. The van der Waals surface area contributed by atoms with Crippen LogP contribution in [0.1, 0.15) is 35.4 Å². The van der Waals surface area contributed by atoms with Crippen LogP contribution in [0.3, 0.4) is 0 Å². The fraction of sp³-hybridized carbons (Fsp3) is 0.296.